The molecule has 1 fully saturated rings. The molecule has 1 unspecified atom stereocenters. The molecule has 1 aromatic heterocycles. The molecule has 2 rings (SSSR count). The molecule has 0 amide bonds. The molecule has 4 nitrogen and oxygen atoms in total. The van der Waals surface area contributed by atoms with Gasteiger partial charge < -0.3 is 10.2 Å². The van der Waals surface area contributed by atoms with Gasteiger partial charge in [0.2, 0.25) is 0 Å². The van der Waals surface area contributed by atoms with Crippen molar-refractivity contribution in [1.82, 2.24) is 9.97 Å². The second kappa shape index (κ2) is 6.10. The normalized spacial score (nSPS) is 19.3. The van der Waals surface area contributed by atoms with Gasteiger partial charge in [-0.25, -0.2) is 4.98 Å². The maximum Gasteiger partial charge on any atom is 0.149 e. The van der Waals surface area contributed by atoms with Crippen LogP contribution >= 0.6 is 11.8 Å². The average molecular weight is 252 g/mol. The third-order valence-corrected chi connectivity index (χ3v) is 4.14. The summed E-state index contributed by atoms with van der Waals surface area (Å²) in [5, 5.41) is 3.27. The first-order valence-corrected chi connectivity index (χ1v) is 7.33. The molecule has 1 atom stereocenters. The van der Waals surface area contributed by atoms with Crippen LogP contribution in [0.4, 0.5) is 11.6 Å². The van der Waals surface area contributed by atoms with Crippen LogP contribution in [0.3, 0.4) is 0 Å². The van der Waals surface area contributed by atoms with Crippen LogP contribution in [0.25, 0.3) is 0 Å². The van der Waals surface area contributed by atoms with E-state index in [2.05, 4.69) is 34.2 Å². The van der Waals surface area contributed by atoms with E-state index in [1.807, 2.05) is 18.0 Å². The molecule has 0 saturated carbocycles. The molecule has 0 aromatic carbocycles. The third kappa shape index (κ3) is 3.25. The van der Waals surface area contributed by atoms with Crippen molar-refractivity contribution >= 4 is 23.4 Å². The molecular formula is C12H20N4S. The van der Waals surface area contributed by atoms with Crippen molar-refractivity contribution in [3.8, 4) is 0 Å². The quantitative estimate of drug-likeness (QED) is 0.870. The minimum absolute atomic E-state index is 0.607. The predicted octanol–water partition coefficient (Wildman–Crippen LogP) is 2.24. The first-order chi connectivity index (χ1) is 8.31. The number of hydrogen-bond donors (Lipinski definition) is 1. The Labute approximate surface area is 107 Å². The summed E-state index contributed by atoms with van der Waals surface area (Å²) in [6.45, 7) is 3.09. The Balaban J connectivity index is 2.03. The van der Waals surface area contributed by atoms with Gasteiger partial charge in [0, 0.05) is 25.4 Å². The van der Waals surface area contributed by atoms with Gasteiger partial charge >= 0.3 is 0 Å². The van der Waals surface area contributed by atoms with Crippen LogP contribution in [-0.4, -0.2) is 41.1 Å². The lowest BCUT2D eigenvalue weighted by Crippen LogP contribution is -2.32. The van der Waals surface area contributed by atoms with E-state index in [9.17, 15) is 0 Å². The lowest BCUT2D eigenvalue weighted by atomic mass is 10.2. The predicted molar refractivity (Wildman–Crippen MR) is 74.9 cm³/mol. The van der Waals surface area contributed by atoms with Crippen LogP contribution in [-0.2, 0) is 0 Å². The number of nitrogens with zero attached hydrogens (tertiary/aromatic N) is 3. The summed E-state index contributed by atoms with van der Waals surface area (Å²) in [5.41, 5.74) is 0. The molecular weight excluding hydrogens is 232 g/mol. The van der Waals surface area contributed by atoms with Crippen LogP contribution in [0.1, 0.15) is 19.8 Å². The van der Waals surface area contributed by atoms with Gasteiger partial charge in [-0.3, -0.25) is 4.98 Å². The summed E-state index contributed by atoms with van der Waals surface area (Å²) in [4.78, 5) is 11.1. The highest BCUT2D eigenvalue weighted by Gasteiger charge is 2.21. The highest BCUT2D eigenvalue weighted by atomic mass is 32.2. The van der Waals surface area contributed by atoms with Crippen molar-refractivity contribution in [2.45, 2.75) is 25.8 Å². The fraction of sp³-hybridized carbons (Fsp3) is 0.667. The summed E-state index contributed by atoms with van der Waals surface area (Å²) in [6, 6.07) is 0.607. The van der Waals surface area contributed by atoms with E-state index in [0.717, 1.165) is 24.6 Å². The standard InChI is InChI=1S/C12H20N4S/c1-3-5-14-11-7-13-8-12(15-11)16(2)10-4-6-17-9-10/h7-8,10H,3-6,9H2,1-2H3,(H,14,15). The van der Waals surface area contributed by atoms with Crippen molar-refractivity contribution < 1.29 is 0 Å². The lowest BCUT2D eigenvalue weighted by Gasteiger charge is -2.24. The fourth-order valence-corrected chi connectivity index (χ4v) is 3.15. The number of anilines is 2. The SMILES string of the molecule is CCCNc1cncc(N(C)C2CCSC2)n1. The molecule has 2 heterocycles. The molecule has 94 valence electrons. The summed E-state index contributed by atoms with van der Waals surface area (Å²) in [5.74, 6) is 4.31. The van der Waals surface area contributed by atoms with Gasteiger partial charge in [0.05, 0.1) is 12.4 Å². The first-order valence-electron chi connectivity index (χ1n) is 6.17. The topological polar surface area (TPSA) is 41.1 Å². The highest BCUT2D eigenvalue weighted by molar-refractivity contribution is 7.99. The minimum atomic E-state index is 0.607. The molecule has 1 aliphatic heterocycles. The Morgan fingerprint density at radius 3 is 3.12 bits per heavy atom. The van der Waals surface area contributed by atoms with Crippen LogP contribution in [0.5, 0.6) is 0 Å². The number of aromatic nitrogens is 2. The molecule has 0 bridgehead atoms. The van der Waals surface area contributed by atoms with Gasteiger partial charge in [0.25, 0.3) is 0 Å². The van der Waals surface area contributed by atoms with E-state index in [1.54, 1.807) is 6.20 Å². The first kappa shape index (κ1) is 12.5. The minimum Gasteiger partial charge on any atom is -0.369 e. The molecule has 17 heavy (non-hydrogen) atoms. The average Bonchev–Trinajstić information content (AvgIpc) is 2.89. The molecule has 1 N–H and O–H groups in total. The van der Waals surface area contributed by atoms with Crippen molar-refractivity contribution in [2.24, 2.45) is 0 Å². The van der Waals surface area contributed by atoms with Gasteiger partial charge in [-0.1, -0.05) is 6.92 Å². The van der Waals surface area contributed by atoms with Crippen molar-refractivity contribution in [3.63, 3.8) is 0 Å². The van der Waals surface area contributed by atoms with Crippen molar-refractivity contribution in [3.05, 3.63) is 12.4 Å². The molecule has 1 aromatic rings. The van der Waals surface area contributed by atoms with Crippen LogP contribution in [0.15, 0.2) is 12.4 Å². The van der Waals surface area contributed by atoms with Crippen molar-refractivity contribution in [2.75, 3.05) is 35.3 Å². The van der Waals surface area contributed by atoms with E-state index >= 15 is 0 Å². The van der Waals surface area contributed by atoms with Crippen LogP contribution in [0.2, 0.25) is 0 Å². The second-order valence-electron chi connectivity index (χ2n) is 4.32. The van der Waals surface area contributed by atoms with E-state index in [4.69, 9.17) is 0 Å². The zero-order chi connectivity index (χ0) is 12.1. The van der Waals surface area contributed by atoms with Crippen molar-refractivity contribution in [1.29, 1.82) is 0 Å². The van der Waals surface area contributed by atoms with Gasteiger partial charge in [-0.15, -0.1) is 0 Å². The van der Waals surface area contributed by atoms with E-state index < -0.39 is 0 Å². The molecule has 0 radical (unpaired) electrons. The zero-order valence-electron chi connectivity index (χ0n) is 10.5. The zero-order valence-corrected chi connectivity index (χ0v) is 11.3. The monoisotopic (exact) mass is 252 g/mol. The van der Waals surface area contributed by atoms with E-state index in [1.165, 1.54) is 17.9 Å². The third-order valence-electron chi connectivity index (χ3n) is 2.99. The van der Waals surface area contributed by atoms with E-state index in [-0.39, 0.29) is 0 Å². The van der Waals surface area contributed by atoms with Crippen LogP contribution in [0, 0.1) is 0 Å². The molecule has 5 heteroatoms. The molecule has 1 aliphatic rings. The second-order valence-corrected chi connectivity index (χ2v) is 5.47. The van der Waals surface area contributed by atoms with Gasteiger partial charge in [0.1, 0.15) is 11.6 Å². The summed E-state index contributed by atoms with van der Waals surface area (Å²) in [7, 11) is 2.12. The van der Waals surface area contributed by atoms with Gasteiger partial charge in [0.15, 0.2) is 0 Å². The Kier molecular flexibility index (Phi) is 4.48. The number of rotatable bonds is 5. The highest BCUT2D eigenvalue weighted by Crippen LogP contribution is 2.24. The largest absolute Gasteiger partial charge is 0.369 e. The summed E-state index contributed by atoms with van der Waals surface area (Å²) < 4.78 is 0. The molecule has 1 saturated heterocycles. The number of hydrogen-bond acceptors (Lipinski definition) is 5. The molecule has 0 spiro atoms. The number of thioether (sulfide) groups is 1. The lowest BCUT2D eigenvalue weighted by molar-refractivity contribution is 0.690. The maximum absolute atomic E-state index is 4.60. The Hall–Kier alpha value is -0.970. The van der Waals surface area contributed by atoms with E-state index in [0.29, 0.717) is 6.04 Å². The Bertz CT molecular complexity index is 352. The Morgan fingerprint density at radius 2 is 2.41 bits per heavy atom. The maximum atomic E-state index is 4.60. The van der Waals surface area contributed by atoms with Gasteiger partial charge in [-0.2, -0.15) is 11.8 Å². The number of nitrogens with one attached hydrogen (secondary N) is 1. The van der Waals surface area contributed by atoms with Gasteiger partial charge in [-0.05, 0) is 18.6 Å². The Morgan fingerprint density at radius 1 is 1.53 bits per heavy atom. The van der Waals surface area contributed by atoms with Crippen LogP contribution < -0.4 is 10.2 Å². The summed E-state index contributed by atoms with van der Waals surface area (Å²) in [6.07, 6.45) is 5.98. The molecule has 0 aliphatic carbocycles. The smallest absolute Gasteiger partial charge is 0.149 e. The summed E-state index contributed by atoms with van der Waals surface area (Å²) >= 11 is 2.02. The fourth-order valence-electron chi connectivity index (χ4n) is 1.88.